The van der Waals surface area contributed by atoms with Crippen molar-refractivity contribution in [2.75, 3.05) is 11.9 Å². The van der Waals surface area contributed by atoms with E-state index in [1.807, 2.05) is 26.8 Å². The number of hydrogen-bond donors (Lipinski definition) is 2. The zero-order valence-electron chi connectivity index (χ0n) is 10.8. The van der Waals surface area contributed by atoms with Crippen molar-refractivity contribution >= 4 is 5.82 Å². The van der Waals surface area contributed by atoms with Crippen molar-refractivity contribution in [3.05, 3.63) is 12.4 Å². The molecule has 1 aromatic heterocycles. The molecule has 1 unspecified atom stereocenters. The second kappa shape index (κ2) is 7.06. The van der Waals surface area contributed by atoms with Crippen LogP contribution in [0.15, 0.2) is 12.4 Å². The minimum Gasteiger partial charge on any atom is -0.475 e. The minimum atomic E-state index is 0.121. The normalized spacial score (nSPS) is 12.5. The van der Waals surface area contributed by atoms with E-state index in [2.05, 4.69) is 15.3 Å². The average molecular weight is 238 g/mol. The summed E-state index contributed by atoms with van der Waals surface area (Å²) < 4.78 is 5.49. The van der Waals surface area contributed by atoms with Gasteiger partial charge in [-0.1, -0.05) is 0 Å². The third-order valence-corrected chi connectivity index (χ3v) is 2.14. The summed E-state index contributed by atoms with van der Waals surface area (Å²) in [7, 11) is 0. The van der Waals surface area contributed by atoms with E-state index in [0.29, 0.717) is 5.88 Å². The number of hydrogen-bond acceptors (Lipinski definition) is 5. The maximum absolute atomic E-state index is 5.68. The second-order valence-electron chi connectivity index (χ2n) is 4.45. The summed E-state index contributed by atoms with van der Waals surface area (Å²) >= 11 is 0. The Morgan fingerprint density at radius 2 is 2.12 bits per heavy atom. The van der Waals surface area contributed by atoms with E-state index in [9.17, 15) is 0 Å². The van der Waals surface area contributed by atoms with Crippen LogP contribution in [-0.2, 0) is 0 Å². The Morgan fingerprint density at radius 3 is 2.76 bits per heavy atom. The van der Waals surface area contributed by atoms with Crippen LogP contribution < -0.4 is 15.8 Å². The maximum atomic E-state index is 5.68. The Bertz CT molecular complexity index is 328. The molecule has 1 rings (SSSR count). The first-order chi connectivity index (χ1) is 8.08. The zero-order valence-corrected chi connectivity index (χ0v) is 10.8. The van der Waals surface area contributed by atoms with Crippen LogP contribution in [0.3, 0.4) is 0 Å². The van der Waals surface area contributed by atoms with Gasteiger partial charge >= 0.3 is 0 Å². The summed E-state index contributed by atoms with van der Waals surface area (Å²) in [6, 6.07) is 2.06. The molecule has 5 nitrogen and oxygen atoms in total. The molecule has 17 heavy (non-hydrogen) atoms. The molecule has 0 aliphatic carbocycles. The Hall–Kier alpha value is -1.36. The topological polar surface area (TPSA) is 73.1 Å². The van der Waals surface area contributed by atoms with Gasteiger partial charge in [-0.05, 0) is 33.6 Å². The SMILES string of the molecule is CC(N)CCCNc1cc(OC(C)C)ncn1. The number of aromatic nitrogens is 2. The molecule has 0 saturated heterocycles. The van der Waals surface area contributed by atoms with Crippen molar-refractivity contribution in [1.82, 2.24) is 9.97 Å². The first-order valence-electron chi connectivity index (χ1n) is 6.06. The van der Waals surface area contributed by atoms with Gasteiger partial charge < -0.3 is 15.8 Å². The number of anilines is 1. The van der Waals surface area contributed by atoms with Crippen LogP contribution in [0.25, 0.3) is 0 Å². The highest BCUT2D eigenvalue weighted by Gasteiger charge is 2.01. The van der Waals surface area contributed by atoms with E-state index >= 15 is 0 Å². The quantitative estimate of drug-likeness (QED) is 0.709. The predicted molar refractivity (Wildman–Crippen MR) is 69.2 cm³/mol. The van der Waals surface area contributed by atoms with E-state index < -0.39 is 0 Å². The molecule has 0 aliphatic heterocycles. The van der Waals surface area contributed by atoms with Gasteiger partial charge in [0.2, 0.25) is 5.88 Å². The molecule has 5 heteroatoms. The molecular formula is C12H22N4O. The van der Waals surface area contributed by atoms with Crippen LogP contribution in [0.2, 0.25) is 0 Å². The van der Waals surface area contributed by atoms with Gasteiger partial charge in [0.25, 0.3) is 0 Å². The first-order valence-corrected chi connectivity index (χ1v) is 6.06. The lowest BCUT2D eigenvalue weighted by atomic mass is 10.2. The molecule has 1 heterocycles. The molecule has 0 saturated carbocycles. The number of rotatable bonds is 7. The van der Waals surface area contributed by atoms with Gasteiger partial charge in [0.15, 0.2) is 0 Å². The molecule has 1 atom stereocenters. The summed E-state index contributed by atoms with van der Waals surface area (Å²) in [5, 5.41) is 3.23. The fourth-order valence-corrected chi connectivity index (χ4v) is 1.38. The summed E-state index contributed by atoms with van der Waals surface area (Å²) in [4.78, 5) is 8.17. The molecule has 3 N–H and O–H groups in total. The van der Waals surface area contributed by atoms with Crippen molar-refractivity contribution in [3.8, 4) is 5.88 Å². The number of nitrogens with two attached hydrogens (primary N) is 1. The average Bonchev–Trinajstić information content (AvgIpc) is 2.24. The van der Waals surface area contributed by atoms with Crippen LogP contribution in [0.1, 0.15) is 33.6 Å². The summed E-state index contributed by atoms with van der Waals surface area (Å²) in [6.45, 7) is 6.81. The van der Waals surface area contributed by atoms with E-state index in [1.165, 1.54) is 6.33 Å². The van der Waals surface area contributed by atoms with Crippen LogP contribution in [0.5, 0.6) is 5.88 Å². The molecule has 0 amide bonds. The number of nitrogens with one attached hydrogen (secondary N) is 1. The molecular weight excluding hydrogens is 216 g/mol. The van der Waals surface area contributed by atoms with Crippen molar-refractivity contribution in [1.29, 1.82) is 0 Å². The largest absolute Gasteiger partial charge is 0.475 e. The van der Waals surface area contributed by atoms with E-state index in [4.69, 9.17) is 10.5 Å². The fraction of sp³-hybridized carbons (Fsp3) is 0.667. The van der Waals surface area contributed by atoms with Crippen LogP contribution in [-0.4, -0.2) is 28.7 Å². The highest BCUT2D eigenvalue weighted by Crippen LogP contribution is 2.12. The van der Waals surface area contributed by atoms with Gasteiger partial charge in [0.1, 0.15) is 12.1 Å². The Kier molecular flexibility index (Phi) is 5.69. The molecule has 0 fully saturated rings. The number of ether oxygens (including phenoxy) is 1. The monoisotopic (exact) mass is 238 g/mol. The van der Waals surface area contributed by atoms with Crippen molar-refractivity contribution in [2.24, 2.45) is 5.73 Å². The van der Waals surface area contributed by atoms with Gasteiger partial charge in [-0.25, -0.2) is 9.97 Å². The van der Waals surface area contributed by atoms with Gasteiger partial charge in [-0.3, -0.25) is 0 Å². The lowest BCUT2D eigenvalue weighted by Crippen LogP contribution is -2.16. The Balaban J connectivity index is 2.37. The molecule has 1 aromatic rings. The van der Waals surface area contributed by atoms with Crippen LogP contribution in [0.4, 0.5) is 5.82 Å². The summed E-state index contributed by atoms with van der Waals surface area (Å²) in [6.07, 6.45) is 3.66. The van der Waals surface area contributed by atoms with E-state index in [1.54, 1.807) is 0 Å². The minimum absolute atomic E-state index is 0.121. The Morgan fingerprint density at radius 1 is 1.35 bits per heavy atom. The predicted octanol–water partition coefficient (Wildman–Crippen LogP) is 1.80. The van der Waals surface area contributed by atoms with Crippen LogP contribution in [0, 0.1) is 0 Å². The smallest absolute Gasteiger partial charge is 0.218 e. The van der Waals surface area contributed by atoms with Crippen molar-refractivity contribution < 1.29 is 4.74 Å². The highest BCUT2D eigenvalue weighted by atomic mass is 16.5. The molecule has 0 radical (unpaired) electrons. The second-order valence-corrected chi connectivity index (χ2v) is 4.45. The number of nitrogens with zero attached hydrogens (tertiary/aromatic N) is 2. The Labute approximate surface area is 103 Å². The van der Waals surface area contributed by atoms with Gasteiger partial charge in [-0.2, -0.15) is 0 Å². The van der Waals surface area contributed by atoms with E-state index in [0.717, 1.165) is 25.2 Å². The highest BCUT2D eigenvalue weighted by molar-refractivity contribution is 5.36. The zero-order chi connectivity index (χ0) is 12.7. The summed E-state index contributed by atoms with van der Waals surface area (Å²) in [5.41, 5.74) is 5.68. The van der Waals surface area contributed by atoms with Crippen molar-refractivity contribution in [3.63, 3.8) is 0 Å². The molecule has 0 spiro atoms. The van der Waals surface area contributed by atoms with Crippen LogP contribution >= 0.6 is 0 Å². The van der Waals surface area contributed by atoms with Gasteiger partial charge in [-0.15, -0.1) is 0 Å². The molecule has 0 aromatic carbocycles. The van der Waals surface area contributed by atoms with Gasteiger partial charge in [0, 0.05) is 18.7 Å². The lowest BCUT2D eigenvalue weighted by molar-refractivity contribution is 0.232. The van der Waals surface area contributed by atoms with Crippen molar-refractivity contribution in [2.45, 2.75) is 45.8 Å². The third kappa shape index (κ3) is 6.06. The molecule has 0 bridgehead atoms. The maximum Gasteiger partial charge on any atom is 0.218 e. The van der Waals surface area contributed by atoms with Gasteiger partial charge in [0.05, 0.1) is 6.10 Å². The molecule has 0 aliphatic rings. The summed E-state index contributed by atoms with van der Waals surface area (Å²) in [5.74, 6) is 1.39. The fourth-order valence-electron chi connectivity index (χ4n) is 1.38. The third-order valence-electron chi connectivity index (χ3n) is 2.14. The molecule has 96 valence electrons. The lowest BCUT2D eigenvalue weighted by Gasteiger charge is -2.10. The first kappa shape index (κ1) is 13.7. The van der Waals surface area contributed by atoms with E-state index in [-0.39, 0.29) is 12.1 Å². The standard InChI is InChI=1S/C12H22N4O/c1-9(2)17-12-7-11(15-8-16-12)14-6-4-5-10(3)13/h7-10H,4-6,13H2,1-3H3,(H,14,15,16).